The Kier molecular flexibility index (Phi) is 6.45. The molecule has 1 rings (SSSR count). The van der Waals surface area contributed by atoms with Crippen LogP contribution in [0.4, 0.5) is 0 Å². The van der Waals surface area contributed by atoms with Crippen LogP contribution in [0, 0.1) is 5.92 Å². The third-order valence-electron chi connectivity index (χ3n) is 4.27. The van der Waals surface area contributed by atoms with Crippen LogP contribution in [0.15, 0.2) is 0 Å². The van der Waals surface area contributed by atoms with Crippen LogP contribution in [-0.2, 0) is 0 Å². The molecule has 0 aromatic carbocycles. The van der Waals surface area contributed by atoms with Crippen molar-refractivity contribution < 1.29 is 0 Å². The van der Waals surface area contributed by atoms with Gasteiger partial charge in [0, 0.05) is 25.2 Å². The van der Waals surface area contributed by atoms with Crippen LogP contribution in [0.1, 0.15) is 39.5 Å². The van der Waals surface area contributed by atoms with Gasteiger partial charge in [-0.2, -0.15) is 0 Å². The Morgan fingerprint density at radius 1 is 1.41 bits per heavy atom. The maximum Gasteiger partial charge on any atom is 0.0244 e. The fraction of sp³-hybridized carbons (Fsp3) is 1.00. The lowest BCUT2D eigenvalue weighted by atomic mass is 9.92. The highest BCUT2D eigenvalue weighted by Crippen LogP contribution is 2.21. The van der Waals surface area contributed by atoms with E-state index in [2.05, 4.69) is 37.7 Å². The van der Waals surface area contributed by atoms with Gasteiger partial charge in [0.1, 0.15) is 0 Å². The molecule has 0 aliphatic carbocycles. The van der Waals surface area contributed by atoms with Crippen molar-refractivity contribution in [3.05, 3.63) is 0 Å². The summed E-state index contributed by atoms with van der Waals surface area (Å²) >= 11 is 0. The average molecular weight is 241 g/mol. The van der Waals surface area contributed by atoms with Gasteiger partial charge in [-0.15, -0.1) is 0 Å². The Morgan fingerprint density at radius 3 is 2.65 bits per heavy atom. The van der Waals surface area contributed by atoms with Crippen molar-refractivity contribution >= 4 is 0 Å². The molecular weight excluding hydrogens is 210 g/mol. The number of nitrogens with two attached hydrogens (primary N) is 1. The normalized spacial score (nSPS) is 26.1. The van der Waals surface area contributed by atoms with Gasteiger partial charge in [-0.3, -0.25) is 4.90 Å². The average Bonchev–Trinajstić information content (AvgIpc) is 2.30. The molecule has 1 aliphatic heterocycles. The summed E-state index contributed by atoms with van der Waals surface area (Å²) in [6.07, 6.45) is 5.22. The predicted octanol–water partition coefficient (Wildman–Crippen LogP) is 1.78. The third-order valence-corrected chi connectivity index (χ3v) is 4.27. The largest absolute Gasteiger partial charge is 0.329 e. The Hall–Kier alpha value is -0.120. The number of hydrogen-bond acceptors (Lipinski definition) is 3. The Balaban J connectivity index is 2.55. The van der Waals surface area contributed by atoms with Gasteiger partial charge < -0.3 is 10.6 Å². The lowest BCUT2D eigenvalue weighted by Crippen LogP contribution is -2.53. The molecule has 3 unspecified atom stereocenters. The molecule has 0 saturated carbocycles. The second kappa shape index (κ2) is 7.34. The van der Waals surface area contributed by atoms with Gasteiger partial charge in [0.15, 0.2) is 0 Å². The second-order valence-corrected chi connectivity index (χ2v) is 5.82. The number of rotatable bonds is 6. The summed E-state index contributed by atoms with van der Waals surface area (Å²) in [5.41, 5.74) is 6.00. The summed E-state index contributed by atoms with van der Waals surface area (Å²) in [6.45, 7) is 7.87. The molecule has 0 aromatic rings. The zero-order valence-corrected chi connectivity index (χ0v) is 12.2. The smallest absolute Gasteiger partial charge is 0.0244 e. The zero-order valence-electron chi connectivity index (χ0n) is 12.2. The van der Waals surface area contributed by atoms with Crippen LogP contribution in [0.25, 0.3) is 0 Å². The summed E-state index contributed by atoms with van der Waals surface area (Å²) in [4.78, 5) is 5.00. The summed E-state index contributed by atoms with van der Waals surface area (Å²) in [5, 5.41) is 0. The van der Waals surface area contributed by atoms with Crippen molar-refractivity contribution in [1.29, 1.82) is 0 Å². The summed E-state index contributed by atoms with van der Waals surface area (Å²) in [5.74, 6) is 0.728. The van der Waals surface area contributed by atoms with Gasteiger partial charge in [0.05, 0.1) is 0 Å². The van der Waals surface area contributed by atoms with Crippen molar-refractivity contribution in [2.45, 2.75) is 51.6 Å². The first-order chi connectivity index (χ1) is 8.10. The molecule has 1 saturated heterocycles. The molecule has 2 N–H and O–H groups in total. The van der Waals surface area contributed by atoms with Crippen molar-refractivity contribution in [2.24, 2.45) is 11.7 Å². The summed E-state index contributed by atoms with van der Waals surface area (Å²) in [7, 11) is 4.39. The molecule has 0 spiro atoms. The van der Waals surface area contributed by atoms with Gasteiger partial charge in [0.25, 0.3) is 0 Å². The van der Waals surface area contributed by atoms with E-state index in [4.69, 9.17) is 5.73 Å². The van der Waals surface area contributed by atoms with E-state index in [9.17, 15) is 0 Å². The molecule has 1 fully saturated rings. The van der Waals surface area contributed by atoms with Crippen molar-refractivity contribution in [3.8, 4) is 0 Å². The van der Waals surface area contributed by atoms with Crippen LogP contribution >= 0.6 is 0 Å². The summed E-state index contributed by atoms with van der Waals surface area (Å²) in [6, 6.07) is 1.30. The van der Waals surface area contributed by atoms with Crippen molar-refractivity contribution in [1.82, 2.24) is 9.80 Å². The zero-order chi connectivity index (χ0) is 12.8. The molecule has 3 heteroatoms. The molecule has 0 aromatic heterocycles. The predicted molar refractivity (Wildman–Crippen MR) is 75.2 cm³/mol. The maximum atomic E-state index is 6.00. The minimum atomic E-state index is 0.581. The maximum absolute atomic E-state index is 6.00. The monoisotopic (exact) mass is 241 g/mol. The van der Waals surface area contributed by atoms with Gasteiger partial charge >= 0.3 is 0 Å². The first-order valence-corrected chi connectivity index (χ1v) is 7.20. The van der Waals surface area contributed by atoms with Crippen LogP contribution in [-0.4, -0.2) is 55.6 Å². The number of hydrogen-bond donors (Lipinski definition) is 1. The molecule has 17 heavy (non-hydrogen) atoms. The highest BCUT2D eigenvalue weighted by Gasteiger charge is 2.28. The van der Waals surface area contributed by atoms with Crippen molar-refractivity contribution in [2.75, 3.05) is 33.7 Å². The minimum Gasteiger partial charge on any atom is -0.329 e. The number of likely N-dealkylation sites (N-methyl/N-ethyl adjacent to an activating group) is 1. The van der Waals surface area contributed by atoms with E-state index in [1.807, 2.05) is 0 Å². The van der Waals surface area contributed by atoms with E-state index in [0.717, 1.165) is 12.5 Å². The lowest BCUT2D eigenvalue weighted by molar-refractivity contribution is 0.0735. The molecular formula is C14H31N3. The van der Waals surface area contributed by atoms with E-state index in [0.29, 0.717) is 12.1 Å². The fourth-order valence-electron chi connectivity index (χ4n) is 3.09. The molecule has 102 valence electrons. The first-order valence-electron chi connectivity index (χ1n) is 7.20. The number of nitrogens with zero attached hydrogens (tertiary/aromatic N) is 2. The van der Waals surface area contributed by atoms with E-state index in [-0.39, 0.29) is 0 Å². The van der Waals surface area contributed by atoms with Gasteiger partial charge in [-0.25, -0.2) is 0 Å². The Bertz CT molecular complexity index is 206. The molecule has 0 amide bonds. The fourth-order valence-corrected chi connectivity index (χ4v) is 3.09. The third kappa shape index (κ3) is 4.23. The van der Waals surface area contributed by atoms with E-state index in [1.165, 1.54) is 38.8 Å². The quantitative estimate of drug-likeness (QED) is 0.769. The minimum absolute atomic E-state index is 0.581. The molecule has 0 radical (unpaired) electrons. The molecule has 0 bridgehead atoms. The lowest BCUT2D eigenvalue weighted by Gasteiger charge is -2.42. The second-order valence-electron chi connectivity index (χ2n) is 5.82. The van der Waals surface area contributed by atoms with Gasteiger partial charge in [-0.05, 0) is 45.8 Å². The Labute approximate surface area is 107 Å². The highest BCUT2D eigenvalue weighted by molar-refractivity contribution is 4.85. The standard InChI is InChI=1S/C14H31N3/c1-5-7-12(2)14(10-15)17-9-6-8-13(11-17)16(3)4/h12-14H,5-11,15H2,1-4H3. The van der Waals surface area contributed by atoms with Gasteiger partial charge in [0.2, 0.25) is 0 Å². The molecule has 1 heterocycles. The van der Waals surface area contributed by atoms with Crippen LogP contribution in [0.5, 0.6) is 0 Å². The molecule has 3 atom stereocenters. The first kappa shape index (κ1) is 14.9. The topological polar surface area (TPSA) is 32.5 Å². The van der Waals surface area contributed by atoms with Gasteiger partial charge in [-0.1, -0.05) is 20.3 Å². The number of likely N-dealkylation sites (tertiary alicyclic amines) is 1. The Morgan fingerprint density at radius 2 is 2.12 bits per heavy atom. The van der Waals surface area contributed by atoms with Crippen LogP contribution in [0.3, 0.4) is 0 Å². The van der Waals surface area contributed by atoms with E-state index < -0.39 is 0 Å². The van der Waals surface area contributed by atoms with Crippen LogP contribution in [0.2, 0.25) is 0 Å². The SMILES string of the molecule is CCCC(C)C(CN)N1CCCC(N(C)C)C1. The summed E-state index contributed by atoms with van der Waals surface area (Å²) < 4.78 is 0. The van der Waals surface area contributed by atoms with Crippen LogP contribution < -0.4 is 5.73 Å². The number of piperidine rings is 1. The molecule has 3 nitrogen and oxygen atoms in total. The van der Waals surface area contributed by atoms with Crippen molar-refractivity contribution in [3.63, 3.8) is 0 Å². The molecule has 1 aliphatic rings. The highest BCUT2D eigenvalue weighted by atomic mass is 15.2. The van der Waals surface area contributed by atoms with E-state index in [1.54, 1.807) is 0 Å². The van der Waals surface area contributed by atoms with E-state index >= 15 is 0 Å².